The Balaban J connectivity index is 1.78. The summed E-state index contributed by atoms with van der Waals surface area (Å²) in [6.45, 7) is 8.79. The number of nitrogens with one attached hydrogen (secondary N) is 2. The molecule has 0 bridgehead atoms. The van der Waals surface area contributed by atoms with Gasteiger partial charge in [-0.1, -0.05) is 0 Å². The number of aliphatic hydroxyl groups is 4. The van der Waals surface area contributed by atoms with Crippen LogP contribution in [-0.2, 0) is 0 Å². The van der Waals surface area contributed by atoms with Gasteiger partial charge in [-0.3, -0.25) is 4.98 Å². The summed E-state index contributed by atoms with van der Waals surface area (Å²) >= 11 is 1.50. The second-order valence-corrected chi connectivity index (χ2v) is 10.6. The van der Waals surface area contributed by atoms with Crippen molar-refractivity contribution >= 4 is 33.3 Å². The van der Waals surface area contributed by atoms with E-state index in [2.05, 4.69) is 25.6 Å². The third kappa shape index (κ3) is 4.71. The maximum atomic E-state index is 10.6. The summed E-state index contributed by atoms with van der Waals surface area (Å²) in [5, 5.41) is 47.9. The number of rotatable bonds is 7. The summed E-state index contributed by atoms with van der Waals surface area (Å²) in [4.78, 5) is 18.4. The van der Waals surface area contributed by atoms with Crippen LogP contribution in [0.4, 0.5) is 11.8 Å². The van der Waals surface area contributed by atoms with Crippen LogP contribution in [0.5, 0.6) is 0 Å². The molecule has 0 aliphatic heterocycles. The van der Waals surface area contributed by atoms with E-state index in [-0.39, 0.29) is 12.6 Å². The number of anilines is 2. The largest absolute Gasteiger partial charge is 0.396 e. The van der Waals surface area contributed by atoms with Gasteiger partial charge in [-0.05, 0) is 47.1 Å². The van der Waals surface area contributed by atoms with Crippen molar-refractivity contribution in [3.05, 3.63) is 23.7 Å². The molecule has 4 rings (SSSR count). The Bertz CT molecular complexity index is 1180. The van der Waals surface area contributed by atoms with E-state index in [1.165, 1.54) is 11.3 Å². The predicted molar refractivity (Wildman–Crippen MR) is 132 cm³/mol. The lowest BCUT2D eigenvalue weighted by Crippen LogP contribution is -2.40. The van der Waals surface area contributed by atoms with Crippen molar-refractivity contribution in [3.8, 4) is 10.6 Å². The van der Waals surface area contributed by atoms with Crippen molar-refractivity contribution < 1.29 is 20.4 Å². The van der Waals surface area contributed by atoms with Crippen LogP contribution in [0.1, 0.15) is 38.6 Å². The summed E-state index contributed by atoms with van der Waals surface area (Å²) < 4.78 is 0.988. The van der Waals surface area contributed by atoms with Crippen LogP contribution >= 0.6 is 11.3 Å². The van der Waals surface area contributed by atoms with Gasteiger partial charge < -0.3 is 31.1 Å². The summed E-state index contributed by atoms with van der Waals surface area (Å²) in [5.41, 5.74) is 1.99. The third-order valence-electron chi connectivity index (χ3n) is 6.56. The van der Waals surface area contributed by atoms with E-state index in [1.807, 2.05) is 26.8 Å². The highest BCUT2D eigenvalue weighted by Gasteiger charge is 2.41. The number of aromatic nitrogens is 4. The number of thiazole rings is 1. The van der Waals surface area contributed by atoms with Gasteiger partial charge in [0.05, 0.1) is 45.4 Å². The number of nitrogens with zero attached hydrogens (tertiary/aromatic N) is 4. The molecule has 6 N–H and O–H groups in total. The van der Waals surface area contributed by atoms with E-state index in [1.54, 1.807) is 20.0 Å². The molecule has 0 aromatic carbocycles. The molecule has 1 aliphatic carbocycles. The highest BCUT2D eigenvalue weighted by atomic mass is 32.1. The fourth-order valence-corrected chi connectivity index (χ4v) is 5.19. The second kappa shape index (κ2) is 9.31. The highest BCUT2D eigenvalue weighted by molar-refractivity contribution is 7.21. The molecule has 11 heteroatoms. The van der Waals surface area contributed by atoms with Gasteiger partial charge in [0.2, 0.25) is 5.95 Å². The standard InChI is InChI=1S/C23H32N6O4S/c1-10-16(21-28-17-11(2)24-7-6-15(17)34-21)20(27-14-8-13(9-30)18(31)19(14)32)29-22(25-10)26-12(3)23(4,5)33/h6-7,12-14,18-19,30-33H,8-9H2,1-5H3,(H2,25,26,27,29)/t12-,13-,14-,18-,19+/m1/s1. The molecule has 1 fully saturated rings. The smallest absolute Gasteiger partial charge is 0.225 e. The lowest BCUT2D eigenvalue weighted by molar-refractivity contribution is 0.00446. The Morgan fingerprint density at radius 1 is 1.15 bits per heavy atom. The van der Waals surface area contributed by atoms with E-state index in [0.29, 0.717) is 34.5 Å². The predicted octanol–water partition coefficient (Wildman–Crippen LogP) is 1.85. The topological polar surface area (TPSA) is 157 Å². The zero-order valence-electron chi connectivity index (χ0n) is 19.9. The molecule has 3 aromatic heterocycles. The van der Waals surface area contributed by atoms with Gasteiger partial charge >= 0.3 is 0 Å². The molecular formula is C23H32N6O4S. The van der Waals surface area contributed by atoms with Crippen molar-refractivity contribution in [1.29, 1.82) is 0 Å². The van der Waals surface area contributed by atoms with Crippen LogP contribution in [0.3, 0.4) is 0 Å². The molecule has 184 valence electrons. The van der Waals surface area contributed by atoms with Crippen molar-refractivity contribution in [2.75, 3.05) is 17.2 Å². The van der Waals surface area contributed by atoms with Crippen molar-refractivity contribution in [1.82, 2.24) is 19.9 Å². The maximum Gasteiger partial charge on any atom is 0.225 e. The molecular weight excluding hydrogens is 456 g/mol. The van der Waals surface area contributed by atoms with Crippen LogP contribution in [0, 0.1) is 19.8 Å². The molecule has 0 radical (unpaired) electrons. The minimum Gasteiger partial charge on any atom is -0.396 e. The fraction of sp³-hybridized carbons (Fsp3) is 0.565. The molecule has 0 unspecified atom stereocenters. The van der Waals surface area contributed by atoms with Gasteiger partial charge in [-0.2, -0.15) is 4.98 Å². The van der Waals surface area contributed by atoms with E-state index in [0.717, 1.165) is 15.9 Å². The number of hydrogen-bond donors (Lipinski definition) is 6. The highest BCUT2D eigenvalue weighted by Crippen LogP contribution is 2.38. The molecule has 3 heterocycles. The van der Waals surface area contributed by atoms with Gasteiger partial charge in [0, 0.05) is 18.7 Å². The third-order valence-corrected chi connectivity index (χ3v) is 7.60. The van der Waals surface area contributed by atoms with E-state index in [4.69, 9.17) is 4.98 Å². The molecule has 3 aromatic rings. The van der Waals surface area contributed by atoms with E-state index >= 15 is 0 Å². The summed E-state index contributed by atoms with van der Waals surface area (Å²) in [7, 11) is 0. The van der Waals surface area contributed by atoms with Crippen LogP contribution < -0.4 is 10.6 Å². The van der Waals surface area contributed by atoms with Crippen LogP contribution in [0.2, 0.25) is 0 Å². The van der Waals surface area contributed by atoms with Gasteiger partial charge in [0.1, 0.15) is 22.4 Å². The number of aryl methyl sites for hydroxylation is 2. The SMILES string of the molecule is Cc1nc(N[C@H](C)C(C)(C)O)nc(N[C@@H]2C[C@H](CO)[C@@H](O)[C@H]2O)c1-c1nc2c(C)nccc2s1. The first-order chi connectivity index (χ1) is 16.0. The zero-order chi connectivity index (χ0) is 24.8. The molecule has 0 amide bonds. The number of aliphatic hydroxyl groups excluding tert-OH is 3. The van der Waals surface area contributed by atoms with Gasteiger partial charge in [-0.15, -0.1) is 11.3 Å². The Labute approximate surface area is 202 Å². The van der Waals surface area contributed by atoms with E-state index < -0.39 is 29.8 Å². The Kier molecular flexibility index (Phi) is 6.76. The lowest BCUT2D eigenvalue weighted by Gasteiger charge is -2.27. The van der Waals surface area contributed by atoms with Crippen LogP contribution in [-0.4, -0.2) is 76.9 Å². The fourth-order valence-electron chi connectivity index (χ4n) is 4.08. The molecule has 5 atom stereocenters. The molecule has 10 nitrogen and oxygen atoms in total. The molecule has 1 aliphatic rings. The quantitative estimate of drug-likeness (QED) is 0.290. The summed E-state index contributed by atoms with van der Waals surface area (Å²) in [5.74, 6) is 0.351. The minimum atomic E-state index is -1.06. The number of pyridine rings is 1. The average molecular weight is 489 g/mol. The first-order valence-electron chi connectivity index (χ1n) is 11.3. The lowest BCUT2D eigenvalue weighted by atomic mass is 10.0. The first kappa shape index (κ1) is 24.7. The monoisotopic (exact) mass is 488 g/mol. The first-order valence-corrected chi connectivity index (χ1v) is 12.1. The summed E-state index contributed by atoms with van der Waals surface area (Å²) in [6, 6.07) is 1.06. The molecule has 0 saturated heterocycles. The summed E-state index contributed by atoms with van der Waals surface area (Å²) in [6.07, 6.45) is 0.0394. The molecule has 34 heavy (non-hydrogen) atoms. The van der Waals surface area contributed by atoms with E-state index in [9.17, 15) is 20.4 Å². The number of fused-ring (bicyclic) bond motifs is 1. The molecule has 1 saturated carbocycles. The van der Waals surface area contributed by atoms with Gasteiger partial charge in [0.25, 0.3) is 0 Å². The maximum absolute atomic E-state index is 10.6. The number of hydrogen-bond acceptors (Lipinski definition) is 11. The van der Waals surface area contributed by atoms with Crippen LogP contribution in [0.15, 0.2) is 12.3 Å². The van der Waals surface area contributed by atoms with Gasteiger partial charge in [-0.25, -0.2) is 9.97 Å². The molecule has 0 spiro atoms. The van der Waals surface area contributed by atoms with Crippen molar-refractivity contribution in [2.24, 2.45) is 5.92 Å². The van der Waals surface area contributed by atoms with Crippen LogP contribution in [0.25, 0.3) is 20.8 Å². The normalized spacial score (nSPS) is 23.9. The second-order valence-electron chi connectivity index (χ2n) is 9.55. The Morgan fingerprint density at radius 3 is 2.50 bits per heavy atom. The van der Waals surface area contributed by atoms with Gasteiger partial charge in [0.15, 0.2) is 0 Å². The van der Waals surface area contributed by atoms with Crippen molar-refractivity contribution in [3.63, 3.8) is 0 Å². The van der Waals surface area contributed by atoms with Crippen molar-refractivity contribution in [2.45, 2.75) is 70.9 Å². The Morgan fingerprint density at radius 2 is 1.88 bits per heavy atom. The average Bonchev–Trinajstić information content (AvgIpc) is 3.30. The Hall–Kier alpha value is -2.44. The zero-order valence-corrected chi connectivity index (χ0v) is 20.8. The minimum absolute atomic E-state index is 0.216.